The van der Waals surface area contributed by atoms with E-state index in [2.05, 4.69) is 61.5 Å². The van der Waals surface area contributed by atoms with Crippen LogP contribution in [0, 0.1) is 5.92 Å². The van der Waals surface area contributed by atoms with E-state index < -0.39 is 24.1 Å². The fraction of sp³-hybridized carbons (Fsp3) is 0.480. The number of carboxylic acid groups (broad SMARTS) is 2. The maximum absolute atomic E-state index is 12.8. The second kappa shape index (κ2) is 11.0. The lowest BCUT2D eigenvalue weighted by Crippen LogP contribution is -3.17. The molecule has 0 saturated heterocycles. The zero-order chi connectivity index (χ0) is 25.9. The Morgan fingerprint density at radius 3 is 2.51 bits per heavy atom. The Bertz CT molecular complexity index is 1110. The Hall–Kier alpha value is -3.21. The zero-order valence-corrected chi connectivity index (χ0v) is 20.1. The second-order valence-corrected chi connectivity index (χ2v) is 9.11. The largest absolute Gasteiger partial charge is 0.547 e. The number of aliphatic hydroxyl groups excluding tert-OH is 2. The first-order valence-electron chi connectivity index (χ1n) is 11.8. The average molecular weight is 488 g/mol. The van der Waals surface area contributed by atoms with E-state index in [4.69, 9.17) is 15.3 Å². The standard InChI is InChI=1S/C21H27N3O.C4H6O6/c1-4-13(3)23-21(25)15-9-17-16-7-6-8-18-20(16)14(11-22-18)10-19(17)24(5-2)12-15;5-1(3(7)8)2(6)4(9)10/h6-9,11,13,15,19,22H,4-5,10,12H2,1-3H3,(H,23,25);1-2,5-6H,(H,7,8)(H,9,10)/t13-,15+,19-;1-,2-/m10/s1. The van der Waals surface area contributed by atoms with Crippen molar-refractivity contribution in [3.05, 3.63) is 41.6 Å². The van der Waals surface area contributed by atoms with Crippen molar-refractivity contribution >= 4 is 34.3 Å². The van der Waals surface area contributed by atoms with Gasteiger partial charge in [0.2, 0.25) is 5.91 Å². The molecule has 6 atom stereocenters. The third-order valence-electron chi connectivity index (χ3n) is 6.84. The summed E-state index contributed by atoms with van der Waals surface area (Å²) in [5.74, 6) is -3.68. The number of aliphatic hydroxyl groups is 2. The number of hydrogen-bond donors (Lipinski definition) is 6. The smallest absolute Gasteiger partial charge is 0.335 e. The van der Waals surface area contributed by atoms with Gasteiger partial charge in [0, 0.05) is 35.1 Å². The fourth-order valence-corrected chi connectivity index (χ4v) is 4.72. The molecule has 1 aromatic heterocycles. The summed E-state index contributed by atoms with van der Waals surface area (Å²) < 4.78 is 0. The molecule has 10 nitrogen and oxygen atoms in total. The van der Waals surface area contributed by atoms with Crippen molar-refractivity contribution in [3.8, 4) is 0 Å². The number of aliphatic carboxylic acids is 2. The molecule has 0 fully saturated rings. The highest BCUT2D eigenvalue weighted by Crippen LogP contribution is 2.37. The van der Waals surface area contributed by atoms with Gasteiger partial charge in [-0.15, -0.1) is 0 Å². The third-order valence-corrected chi connectivity index (χ3v) is 6.84. The van der Waals surface area contributed by atoms with Crippen molar-refractivity contribution in [3.63, 3.8) is 0 Å². The number of hydrogen-bond acceptors (Lipinski definition) is 6. The first kappa shape index (κ1) is 26.4. The summed E-state index contributed by atoms with van der Waals surface area (Å²) in [5.41, 5.74) is 5.30. The summed E-state index contributed by atoms with van der Waals surface area (Å²) in [6.07, 6.45) is 1.74. The quantitative estimate of drug-likeness (QED) is 0.275. The summed E-state index contributed by atoms with van der Waals surface area (Å²) in [7, 11) is 0. The Labute approximate surface area is 203 Å². The van der Waals surface area contributed by atoms with Crippen LogP contribution in [0.4, 0.5) is 0 Å². The Morgan fingerprint density at radius 2 is 1.94 bits per heavy atom. The van der Waals surface area contributed by atoms with Crippen LogP contribution in [0.3, 0.4) is 0 Å². The van der Waals surface area contributed by atoms with Gasteiger partial charge in [0.1, 0.15) is 18.1 Å². The molecular formula is C25H33N3O7. The highest BCUT2D eigenvalue weighted by atomic mass is 16.4. The number of aromatic nitrogens is 1. The maximum Gasteiger partial charge on any atom is 0.335 e. The van der Waals surface area contributed by atoms with E-state index in [1.807, 2.05) is 0 Å². The predicted octanol–water partition coefficient (Wildman–Crippen LogP) is -1.53. The van der Waals surface area contributed by atoms with Gasteiger partial charge in [0.05, 0.1) is 19.1 Å². The number of aromatic amines is 1. The van der Waals surface area contributed by atoms with Crippen molar-refractivity contribution < 1.29 is 39.7 Å². The van der Waals surface area contributed by atoms with E-state index in [0.717, 1.165) is 25.9 Å². The maximum atomic E-state index is 12.8. The van der Waals surface area contributed by atoms with Gasteiger partial charge in [0.25, 0.3) is 0 Å². The molecule has 1 amide bonds. The summed E-state index contributed by atoms with van der Waals surface area (Å²) in [6, 6.07) is 7.19. The number of nitrogens with one attached hydrogen (secondary N) is 3. The Balaban J connectivity index is 0.000000292. The van der Waals surface area contributed by atoms with Gasteiger partial charge in [0.15, 0.2) is 6.10 Å². The molecule has 4 rings (SSSR count). The molecule has 0 bridgehead atoms. The second-order valence-electron chi connectivity index (χ2n) is 9.11. The number of carbonyl (C=O) groups is 3. The van der Waals surface area contributed by atoms with Crippen molar-refractivity contribution in [1.82, 2.24) is 10.3 Å². The Morgan fingerprint density at radius 1 is 1.23 bits per heavy atom. The third kappa shape index (κ3) is 5.55. The molecule has 6 N–H and O–H groups in total. The van der Waals surface area contributed by atoms with Crippen LogP contribution >= 0.6 is 0 Å². The molecule has 1 aliphatic heterocycles. The van der Waals surface area contributed by atoms with E-state index in [-0.39, 0.29) is 17.9 Å². The van der Waals surface area contributed by atoms with Crippen LogP contribution in [0.1, 0.15) is 38.3 Å². The molecule has 10 heteroatoms. The molecule has 0 saturated carbocycles. The first-order valence-corrected chi connectivity index (χ1v) is 11.8. The van der Waals surface area contributed by atoms with E-state index in [9.17, 15) is 19.5 Å². The minimum Gasteiger partial charge on any atom is -0.547 e. The average Bonchev–Trinajstić information content (AvgIpc) is 3.26. The summed E-state index contributed by atoms with van der Waals surface area (Å²) >= 11 is 0. The number of rotatable bonds is 7. The topological polar surface area (TPSA) is 167 Å². The number of benzene rings is 1. The van der Waals surface area contributed by atoms with Crippen LogP contribution in [-0.4, -0.2) is 75.5 Å². The van der Waals surface area contributed by atoms with Crippen LogP contribution in [0.25, 0.3) is 16.5 Å². The molecule has 190 valence electrons. The zero-order valence-electron chi connectivity index (χ0n) is 20.1. The molecule has 0 radical (unpaired) electrons. The number of carbonyl (C=O) groups excluding carboxylic acids is 2. The van der Waals surface area contributed by atoms with E-state index in [0.29, 0.717) is 6.04 Å². The van der Waals surface area contributed by atoms with E-state index in [1.54, 1.807) is 0 Å². The SMILES string of the molecule is CC[C@@H](C)NC(=O)[C@H]1C=C2c3cccc4[nH]cc(c34)C[C@H]2[NH+](CC)C1.O=C([O-])[C@@H](O)[C@H](O)C(=O)O. The summed E-state index contributed by atoms with van der Waals surface area (Å²) in [4.78, 5) is 37.1. The van der Waals surface area contributed by atoms with Gasteiger partial charge >= 0.3 is 5.97 Å². The predicted molar refractivity (Wildman–Crippen MR) is 126 cm³/mol. The van der Waals surface area contributed by atoms with Gasteiger partial charge in [-0.1, -0.05) is 25.1 Å². The number of carboxylic acids is 2. The molecular weight excluding hydrogens is 454 g/mol. The lowest BCUT2D eigenvalue weighted by Gasteiger charge is -2.38. The molecule has 2 heterocycles. The normalized spacial score (nSPS) is 23.1. The first-order chi connectivity index (χ1) is 16.6. The molecule has 2 aromatic rings. The van der Waals surface area contributed by atoms with Crippen LogP contribution in [0.15, 0.2) is 30.5 Å². The molecule has 2 aliphatic rings. The van der Waals surface area contributed by atoms with Crippen molar-refractivity contribution in [2.45, 2.75) is 57.9 Å². The van der Waals surface area contributed by atoms with Crippen LogP contribution in [0.5, 0.6) is 0 Å². The molecule has 35 heavy (non-hydrogen) atoms. The van der Waals surface area contributed by atoms with Crippen molar-refractivity contribution in [2.75, 3.05) is 13.1 Å². The molecule has 0 spiro atoms. The Kier molecular flexibility index (Phi) is 8.31. The molecule has 1 unspecified atom stereocenters. The number of H-pyrrole nitrogens is 1. The lowest BCUT2D eigenvalue weighted by atomic mass is 9.79. The minimum absolute atomic E-state index is 0.0362. The van der Waals surface area contributed by atoms with Gasteiger partial charge in [-0.2, -0.15) is 0 Å². The van der Waals surface area contributed by atoms with Gasteiger partial charge in [-0.05, 0) is 37.5 Å². The van der Waals surface area contributed by atoms with Crippen molar-refractivity contribution in [2.24, 2.45) is 5.92 Å². The lowest BCUT2D eigenvalue weighted by molar-refractivity contribution is -0.918. The van der Waals surface area contributed by atoms with Gasteiger partial charge in [-0.3, -0.25) is 4.79 Å². The minimum atomic E-state index is -2.38. The van der Waals surface area contributed by atoms with Crippen LogP contribution in [0.2, 0.25) is 0 Å². The number of fused-ring (bicyclic) bond motifs is 2. The number of quaternary nitrogens is 1. The van der Waals surface area contributed by atoms with Crippen molar-refractivity contribution in [1.29, 1.82) is 0 Å². The van der Waals surface area contributed by atoms with E-state index >= 15 is 0 Å². The monoisotopic (exact) mass is 487 g/mol. The number of likely N-dealkylation sites (N-methyl/N-ethyl adjacent to an activating group) is 1. The number of amides is 1. The summed E-state index contributed by atoms with van der Waals surface area (Å²) in [5, 5.41) is 38.7. The highest BCUT2D eigenvalue weighted by Gasteiger charge is 2.39. The van der Waals surface area contributed by atoms with Gasteiger partial charge in [-0.25, -0.2) is 4.79 Å². The highest BCUT2D eigenvalue weighted by molar-refractivity contribution is 5.98. The van der Waals surface area contributed by atoms with Crippen LogP contribution in [-0.2, 0) is 20.8 Å². The van der Waals surface area contributed by atoms with E-state index in [1.165, 1.54) is 32.5 Å². The molecule has 1 aromatic carbocycles. The fourth-order valence-electron chi connectivity index (χ4n) is 4.72. The van der Waals surface area contributed by atoms with Gasteiger partial charge < -0.3 is 40.4 Å². The summed E-state index contributed by atoms with van der Waals surface area (Å²) in [6.45, 7) is 8.36. The van der Waals surface area contributed by atoms with Crippen LogP contribution < -0.4 is 15.3 Å². The molecule has 1 aliphatic carbocycles.